The summed E-state index contributed by atoms with van der Waals surface area (Å²) >= 11 is 2.01. The van der Waals surface area contributed by atoms with Crippen LogP contribution in [-0.4, -0.2) is 116 Å². The first-order chi connectivity index (χ1) is 20.9. The first kappa shape index (κ1) is 31.7. The highest BCUT2D eigenvalue weighted by molar-refractivity contribution is 7.97. The largest absolute Gasteiger partial charge is 0.494 e. The maximum Gasteiger partial charge on any atom is 0.231 e. The molecule has 2 aromatic rings. The fourth-order valence-electron chi connectivity index (χ4n) is 6.42. The van der Waals surface area contributed by atoms with Gasteiger partial charge in [0, 0.05) is 69.4 Å². The Kier molecular flexibility index (Phi) is 11.3. The predicted octanol–water partition coefficient (Wildman–Crippen LogP) is 4.39. The van der Waals surface area contributed by atoms with Crippen LogP contribution in [0.2, 0.25) is 0 Å². The second-order valence-corrected chi connectivity index (χ2v) is 13.4. The highest BCUT2D eigenvalue weighted by atomic mass is 32.2. The van der Waals surface area contributed by atoms with Crippen molar-refractivity contribution in [3.05, 3.63) is 18.2 Å². The van der Waals surface area contributed by atoms with Gasteiger partial charge in [-0.2, -0.15) is 9.97 Å². The fourth-order valence-corrected chi connectivity index (χ4v) is 7.36. The van der Waals surface area contributed by atoms with Gasteiger partial charge in [0.1, 0.15) is 11.4 Å². The monoisotopic (exact) mass is 612 g/mol. The van der Waals surface area contributed by atoms with E-state index in [0.29, 0.717) is 17.8 Å². The zero-order valence-electron chi connectivity index (χ0n) is 26.6. The van der Waals surface area contributed by atoms with Crippen LogP contribution in [0, 0.1) is 0 Å². The van der Waals surface area contributed by atoms with E-state index < -0.39 is 0 Å². The Morgan fingerprint density at radius 2 is 1.84 bits per heavy atom. The number of hydrogen-bond donors (Lipinski definition) is 4. The van der Waals surface area contributed by atoms with E-state index in [9.17, 15) is 0 Å². The first-order valence-electron chi connectivity index (χ1n) is 16.0. The first-order valence-corrected chi connectivity index (χ1v) is 17.0. The molecule has 0 radical (unpaired) electrons. The summed E-state index contributed by atoms with van der Waals surface area (Å²) in [6.07, 6.45) is 8.63. The molecule has 0 spiro atoms. The summed E-state index contributed by atoms with van der Waals surface area (Å²) in [7, 11) is 7.96. The van der Waals surface area contributed by atoms with Gasteiger partial charge in [-0.15, -0.1) is 0 Å². The van der Waals surface area contributed by atoms with Gasteiger partial charge < -0.3 is 41.1 Å². The number of benzene rings is 1. The van der Waals surface area contributed by atoms with Crippen LogP contribution >= 0.6 is 11.9 Å². The molecule has 1 aromatic heterocycles. The van der Waals surface area contributed by atoms with Crippen molar-refractivity contribution in [3.63, 3.8) is 0 Å². The number of likely N-dealkylation sites (N-methyl/N-ethyl adjacent to an activating group) is 1. The molecule has 1 aliphatic carbocycles. The van der Waals surface area contributed by atoms with Crippen LogP contribution in [0.15, 0.2) is 18.2 Å². The number of hydrogen-bond acceptors (Lipinski definition) is 12. The van der Waals surface area contributed by atoms with Crippen LogP contribution in [0.25, 0.3) is 0 Å². The Morgan fingerprint density at radius 1 is 1.05 bits per heavy atom. The van der Waals surface area contributed by atoms with Crippen LogP contribution in [0.4, 0.5) is 34.6 Å². The average molecular weight is 613 g/mol. The second kappa shape index (κ2) is 15.4. The van der Waals surface area contributed by atoms with Gasteiger partial charge in [0.2, 0.25) is 5.95 Å². The number of piperazine rings is 1. The van der Waals surface area contributed by atoms with Gasteiger partial charge in [-0.3, -0.25) is 0 Å². The number of ether oxygens (including phenoxy) is 1. The molecule has 5 rings (SSSR count). The van der Waals surface area contributed by atoms with Crippen molar-refractivity contribution < 1.29 is 4.74 Å². The molecule has 1 aromatic carbocycles. The lowest BCUT2D eigenvalue weighted by atomic mass is 9.95. The van der Waals surface area contributed by atoms with Gasteiger partial charge in [-0.1, -0.05) is 31.2 Å². The van der Waals surface area contributed by atoms with Crippen LogP contribution in [0.1, 0.15) is 44.9 Å². The van der Waals surface area contributed by atoms with E-state index >= 15 is 0 Å². The molecule has 2 aliphatic heterocycles. The topological polar surface area (TPSA) is 110 Å². The SMILES string of the molecule is CNc1c(N)nc(Nc2ccc(N3CCN(SCCCN4CCC(N(C)C)C4)CC3)cc2OC)nc1NC1CCCCC1. The molecule has 11 nitrogen and oxygen atoms in total. The number of rotatable bonds is 13. The maximum absolute atomic E-state index is 6.34. The fraction of sp³-hybridized carbons (Fsp3) is 0.677. The van der Waals surface area contributed by atoms with Gasteiger partial charge >= 0.3 is 0 Å². The van der Waals surface area contributed by atoms with Crippen molar-refractivity contribution >= 4 is 46.6 Å². The van der Waals surface area contributed by atoms with E-state index in [0.717, 1.165) is 68.0 Å². The van der Waals surface area contributed by atoms with Crippen molar-refractivity contribution in [2.24, 2.45) is 0 Å². The summed E-state index contributed by atoms with van der Waals surface area (Å²) in [5.74, 6) is 3.56. The molecule has 3 aliphatic rings. The minimum atomic E-state index is 0.404. The van der Waals surface area contributed by atoms with Gasteiger partial charge in [-0.25, -0.2) is 4.31 Å². The molecule has 238 valence electrons. The predicted molar refractivity (Wildman–Crippen MR) is 182 cm³/mol. The number of anilines is 6. The molecule has 1 unspecified atom stereocenters. The molecule has 1 atom stereocenters. The van der Waals surface area contributed by atoms with E-state index in [1.54, 1.807) is 7.11 Å². The summed E-state index contributed by atoms with van der Waals surface area (Å²) in [4.78, 5) is 16.8. The Hall–Kier alpha value is -2.67. The molecule has 3 heterocycles. The Labute approximate surface area is 262 Å². The lowest BCUT2D eigenvalue weighted by Crippen LogP contribution is -2.43. The minimum absolute atomic E-state index is 0.404. The van der Waals surface area contributed by atoms with E-state index in [4.69, 9.17) is 15.5 Å². The lowest BCUT2D eigenvalue weighted by Gasteiger charge is -2.35. The van der Waals surface area contributed by atoms with E-state index in [2.05, 4.69) is 66.2 Å². The third-order valence-corrected chi connectivity index (χ3v) is 10.2. The Balaban J connectivity index is 1.12. The zero-order valence-corrected chi connectivity index (χ0v) is 27.4. The smallest absolute Gasteiger partial charge is 0.231 e. The van der Waals surface area contributed by atoms with Crippen LogP contribution in [-0.2, 0) is 0 Å². The molecule has 5 N–H and O–H groups in total. The van der Waals surface area contributed by atoms with Gasteiger partial charge in [0.05, 0.1) is 12.8 Å². The Bertz CT molecular complexity index is 1170. The van der Waals surface area contributed by atoms with Crippen molar-refractivity contribution in [3.8, 4) is 5.75 Å². The number of methoxy groups -OCH3 is 1. The average Bonchev–Trinajstić information content (AvgIpc) is 3.50. The standard InChI is InChI=1S/C31H52N10OS/c1-33-28-29(32)36-31(37-30(28)34-23-9-6-5-7-10-23)35-26-12-11-24(21-27(26)42-4)40-16-18-41(19-17-40)43-20-8-14-39-15-13-25(22-39)38(2)3/h11-12,21,23,25,33H,5-10,13-20,22H2,1-4H3,(H4,32,34,35,36,37). The van der Waals surface area contributed by atoms with Crippen molar-refractivity contribution in [1.82, 2.24) is 24.1 Å². The number of nitrogens with zero attached hydrogens (tertiary/aromatic N) is 6. The summed E-state index contributed by atoms with van der Waals surface area (Å²) in [5, 5.41) is 10.1. The molecular formula is C31H52N10OS. The zero-order chi connectivity index (χ0) is 30.2. The number of aromatic nitrogens is 2. The summed E-state index contributed by atoms with van der Waals surface area (Å²) in [6, 6.07) is 7.43. The quantitative estimate of drug-likeness (QED) is 0.190. The van der Waals surface area contributed by atoms with Crippen LogP contribution < -0.4 is 31.3 Å². The van der Waals surface area contributed by atoms with Crippen LogP contribution in [0.3, 0.4) is 0 Å². The molecule has 0 bridgehead atoms. The van der Waals surface area contributed by atoms with Gasteiger partial charge in [-0.05, 0) is 65.0 Å². The molecule has 12 heteroatoms. The normalized spacial score (nSPS) is 20.5. The molecule has 43 heavy (non-hydrogen) atoms. The molecule has 3 fully saturated rings. The van der Waals surface area contributed by atoms with Crippen molar-refractivity contribution in [2.45, 2.75) is 57.0 Å². The highest BCUT2D eigenvalue weighted by Crippen LogP contribution is 2.35. The molecule has 0 amide bonds. The molecule has 1 saturated carbocycles. The van der Waals surface area contributed by atoms with E-state index in [1.807, 2.05) is 25.1 Å². The lowest BCUT2D eigenvalue weighted by molar-refractivity contribution is 0.269. The third-order valence-electron chi connectivity index (χ3n) is 9.04. The number of likely N-dealkylation sites (tertiary alicyclic amines) is 1. The summed E-state index contributed by atoms with van der Waals surface area (Å²) in [6.45, 7) is 7.79. The Morgan fingerprint density at radius 3 is 2.53 bits per heavy atom. The van der Waals surface area contributed by atoms with Crippen molar-refractivity contribution in [1.29, 1.82) is 0 Å². The molecular weight excluding hydrogens is 560 g/mol. The number of nitrogens with one attached hydrogen (secondary N) is 3. The van der Waals surface area contributed by atoms with E-state index in [1.165, 1.54) is 63.2 Å². The van der Waals surface area contributed by atoms with Crippen LogP contribution in [0.5, 0.6) is 5.75 Å². The van der Waals surface area contributed by atoms with Crippen molar-refractivity contribution in [2.75, 3.05) is 106 Å². The summed E-state index contributed by atoms with van der Waals surface area (Å²) in [5.41, 5.74) is 9.06. The summed E-state index contributed by atoms with van der Waals surface area (Å²) < 4.78 is 8.33. The van der Waals surface area contributed by atoms with E-state index in [-0.39, 0.29) is 0 Å². The third kappa shape index (κ3) is 8.49. The number of nitrogens with two attached hydrogens (primary N) is 1. The highest BCUT2D eigenvalue weighted by Gasteiger charge is 2.24. The minimum Gasteiger partial charge on any atom is -0.494 e. The second-order valence-electron chi connectivity index (χ2n) is 12.2. The van der Waals surface area contributed by atoms with Gasteiger partial charge in [0.25, 0.3) is 0 Å². The number of nitrogen functional groups attached to an aromatic ring is 1. The van der Waals surface area contributed by atoms with Gasteiger partial charge in [0.15, 0.2) is 11.6 Å². The maximum atomic E-state index is 6.34. The molecule has 2 saturated heterocycles.